The van der Waals surface area contributed by atoms with Crippen LogP contribution < -0.4 is 0 Å². The number of carboxylic acid groups (broad SMARTS) is 1. The van der Waals surface area contributed by atoms with Crippen molar-refractivity contribution in [1.29, 1.82) is 0 Å². The van der Waals surface area contributed by atoms with Crippen LogP contribution in [0.4, 0.5) is 0 Å². The Morgan fingerprint density at radius 3 is 2.18 bits per heavy atom. The summed E-state index contributed by atoms with van der Waals surface area (Å²) in [4.78, 5) is 14.4. The minimum Gasteiger partial charge on any atom is -0.507 e. The van der Waals surface area contributed by atoms with Crippen LogP contribution in [0.3, 0.4) is 0 Å². The topological polar surface area (TPSA) is 73.3 Å². The summed E-state index contributed by atoms with van der Waals surface area (Å²) in [5.74, 6) is -1.37. The van der Waals surface area contributed by atoms with Crippen LogP contribution in [0.25, 0.3) is 32.6 Å². The van der Waals surface area contributed by atoms with E-state index in [0.717, 1.165) is 32.6 Å². The summed E-state index contributed by atoms with van der Waals surface area (Å²) in [7, 11) is 0. The fraction of sp³-hybridized carbons (Fsp3) is 0. The predicted octanol–water partition coefficient (Wildman–Crippen LogP) is 3.50. The molecule has 0 amide bonds. The van der Waals surface area contributed by atoms with Crippen molar-refractivity contribution < 1.29 is 15.0 Å². The second-order valence-electron chi connectivity index (χ2n) is 5.09. The fourth-order valence-electron chi connectivity index (χ4n) is 2.80. The standard InChI is InChI=1S/C17H11NO3.Na/c19-16-8-15-12(7-13(16)17(20)21)11-5-9-3-1-2-4-10(9)6-14(11)18-15;/h1-8,18-19H,(H,20,21);. The van der Waals surface area contributed by atoms with Gasteiger partial charge in [-0.05, 0) is 29.0 Å². The zero-order valence-corrected chi connectivity index (χ0v) is 13.9. The molecule has 0 aliphatic rings. The summed E-state index contributed by atoms with van der Waals surface area (Å²) in [6.45, 7) is 0. The molecule has 0 fully saturated rings. The summed E-state index contributed by atoms with van der Waals surface area (Å²) in [5, 5.41) is 22.9. The van der Waals surface area contributed by atoms with Gasteiger partial charge in [-0.2, -0.15) is 0 Å². The van der Waals surface area contributed by atoms with Crippen LogP contribution in [0.2, 0.25) is 0 Å². The van der Waals surface area contributed by atoms with E-state index in [4.69, 9.17) is 5.11 Å². The van der Waals surface area contributed by atoms with E-state index in [1.165, 1.54) is 12.1 Å². The minimum atomic E-state index is -1.13. The van der Waals surface area contributed by atoms with Crippen LogP contribution in [-0.4, -0.2) is 50.7 Å². The van der Waals surface area contributed by atoms with Crippen molar-refractivity contribution in [3.05, 3.63) is 54.1 Å². The first kappa shape index (κ1) is 14.9. The number of aromatic hydroxyl groups is 1. The van der Waals surface area contributed by atoms with Gasteiger partial charge in [0, 0.05) is 51.9 Å². The number of fused-ring (bicyclic) bond motifs is 4. The van der Waals surface area contributed by atoms with E-state index in [0.29, 0.717) is 0 Å². The van der Waals surface area contributed by atoms with Crippen LogP contribution in [0, 0.1) is 0 Å². The zero-order valence-electron chi connectivity index (χ0n) is 11.9. The fourth-order valence-corrected chi connectivity index (χ4v) is 2.80. The molecule has 3 N–H and O–H groups in total. The third kappa shape index (κ3) is 2.16. The zero-order chi connectivity index (χ0) is 14.6. The number of carbonyl (C=O) groups is 1. The Morgan fingerprint density at radius 2 is 1.50 bits per heavy atom. The Kier molecular flexibility index (Phi) is 3.60. The maximum absolute atomic E-state index is 11.2. The maximum atomic E-state index is 11.2. The Labute approximate surface area is 147 Å². The molecule has 5 heteroatoms. The third-order valence-corrected chi connectivity index (χ3v) is 3.81. The largest absolute Gasteiger partial charge is 0.507 e. The molecule has 0 aliphatic carbocycles. The Bertz CT molecular complexity index is 1040. The molecule has 103 valence electrons. The molecule has 1 heterocycles. The Balaban J connectivity index is 0.00000144. The van der Waals surface area contributed by atoms with E-state index in [9.17, 15) is 9.90 Å². The van der Waals surface area contributed by atoms with Crippen molar-refractivity contribution in [2.75, 3.05) is 0 Å². The number of aromatic carboxylic acids is 1. The molecule has 0 saturated heterocycles. The first-order valence-corrected chi connectivity index (χ1v) is 6.54. The van der Waals surface area contributed by atoms with Gasteiger partial charge in [0.15, 0.2) is 0 Å². The first-order chi connectivity index (χ1) is 10.1. The number of aromatic amines is 1. The van der Waals surface area contributed by atoms with Gasteiger partial charge in [0.05, 0.1) is 5.52 Å². The molecule has 0 aliphatic heterocycles. The van der Waals surface area contributed by atoms with Crippen molar-refractivity contribution in [1.82, 2.24) is 4.98 Å². The molecular formula is C17H11NNaO3. The normalized spacial score (nSPS) is 10.9. The number of H-pyrrole nitrogens is 1. The monoisotopic (exact) mass is 300 g/mol. The maximum Gasteiger partial charge on any atom is 0.339 e. The van der Waals surface area contributed by atoms with Gasteiger partial charge in [0.1, 0.15) is 11.3 Å². The number of hydrogen-bond donors (Lipinski definition) is 3. The Morgan fingerprint density at radius 1 is 0.909 bits per heavy atom. The van der Waals surface area contributed by atoms with Gasteiger partial charge in [-0.25, -0.2) is 4.79 Å². The van der Waals surface area contributed by atoms with E-state index in [2.05, 4.69) is 4.98 Å². The van der Waals surface area contributed by atoms with Crippen molar-refractivity contribution in [3.8, 4) is 5.75 Å². The molecule has 0 saturated carbocycles. The summed E-state index contributed by atoms with van der Waals surface area (Å²) in [5.41, 5.74) is 1.56. The second-order valence-corrected chi connectivity index (χ2v) is 5.09. The van der Waals surface area contributed by atoms with Crippen molar-refractivity contribution in [2.45, 2.75) is 0 Å². The average molecular weight is 300 g/mol. The number of benzene rings is 3. The number of phenols is 1. The molecule has 0 bridgehead atoms. The van der Waals surface area contributed by atoms with Crippen LogP contribution >= 0.6 is 0 Å². The number of rotatable bonds is 1. The van der Waals surface area contributed by atoms with Gasteiger partial charge in [-0.3, -0.25) is 0 Å². The molecular weight excluding hydrogens is 289 g/mol. The first-order valence-electron chi connectivity index (χ1n) is 6.54. The summed E-state index contributed by atoms with van der Waals surface area (Å²) < 4.78 is 0. The number of aromatic nitrogens is 1. The smallest absolute Gasteiger partial charge is 0.339 e. The van der Waals surface area contributed by atoms with E-state index in [1.54, 1.807) is 0 Å². The van der Waals surface area contributed by atoms with Crippen molar-refractivity contribution in [3.63, 3.8) is 0 Å². The molecule has 4 nitrogen and oxygen atoms in total. The molecule has 4 rings (SSSR count). The molecule has 0 atom stereocenters. The van der Waals surface area contributed by atoms with Gasteiger partial charge in [-0.15, -0.1) is 0 Å². The van der Waals surface area contributed by atoms with Gasteiger partial charge in [0.2, 0.25) is 0 Å². The summed E-state index contributed by atoms with van der Waals surface area (Å²) in [6.07, 6.45) is 0. The molecule has 1 radical (unpaired) electrons. The van der Waals surface area contributed by atoms with E-state index >= 15 is 0 Å². The van der Waals surface area contributed by atoms with E-state index < -0.39 is 5.97 Å². The van der Waals surface area contributed by atoms with E-state index in [1.807, 2.05) is 36.4 Å². The molecule has 22 heavy (non-hydrogen) atoms. The predicted molar refractivity (Wildman–Crippen MR) is 87.7 cm³/mol. The average Bonchev–Trinajstić information content (AvgIpc) is 2.79. The van der Waals surface area contributed by atoms with Crippen molar-refractivity contribution in [2.24, 2.45) is 0 Å². The van der Waals surface area contributed by atoms with Gasteiger partial charge < -0.3 is 15.2 Å². The van der Waals surface area contributed by atoms with Crippen molar-refractivity contribution >= 4 is 68.1 Å². The Hall–Kier alpha value is -2.01. The van der Waals surface area contributed by atoms with Crippen LogP contribution in [0.1, 0.15) is 10.4 Å². The minimum absolute atomic E-state index is 0. The second kappa shape index (κ2) is 5.32. The number of hydrogen-bond acceptors (Lipinski definition) is 2. The quantitative estimate of drug-likeness (QED) is 0.471. The summed E-state index contributed by atoms with van der Waals surface area (Å²) >= 11 is 0. The number of carboxylic acids is 1. The molecule has 4 aromatic rings. The van der Waals surface area contributed by atoms with Crippen LogP contribution in [-0.2, 0) is 0 Å². The number of nitrogens with one attached hydrogen (secondary N) is 1. The van der Waals surface area contributed by atoms with Crippen LogP contribution in [0.15, 0.2) is 48.5 Å². The third-order valence-electron chi connectivity index (χ3n) is 3.81. The van der Waals surface area contributed by atoms with Gasteiger partial charge in [0.25, 0.3) is 0 Å². The van der Waals surface area contributed by atoms with Gasteiger partial charge in [-0.1, -0.05) is 24.3 Å². The van der Waals surface area contributed by atoms with Crippen LogP contribution in [0.5, 0.6) is 5.75 Å². The SMILES string of the molecule is O=C(O)c1cc2c(cc1O)[nH]c1cc3ccccc3cc12.[Na]. The van der Waals surface area contributed by atoms with E-state index in [-0.39, 0.29) is 40.9 Å². The van der Waals surface area contributed by atoms with Gasteiger partial charge >= 0.3 is 5.97 Å². The molecule has 3 aromatic carbocycles. The molecule has 0 unspecified atom stereocenters. The summed E-state index contributed by atoms with van der Waals surface area (Å²) in [6, 6.07) is 15.0. The molecule has 1 aromatic heterocycles. The molecule has 0 spiro atoms.